The number of hydrogen-bond donors (Lipinski definition) is 0. The van der Waals surface area contributed by atoms with Gasteiger partial charge < -0.3 is 4.42 Å². The normalized spacial score (nSPS) is 15.7. The minimum Gasteiger partial charge on any atom is -0.437 e. The molecule has 0 N–H and O–H groups in total. The highest BCUT2D eigenvalue weighted by molar-refractivity contribution is 6.08. The molecule has 0 amide bonds. The van der Waals surface area contributed by atoms with Gasteiger partial charge in [-0.2, -0.15) is 0 Å². The molecular weight excluding hydrogens is 380 g/mol. The van der Waals surface area contributed by atoms with Gasteiger partial charge in [-0.1, -0.05) is 63.1 Å². The predicted molar refractivity (Wildman–Crippen MR) is 127 cm³/mol. The summed E-state index contributed by atoms with van der Waals surface area (Å²) in [5.41, 5.74) is 3.68. The zero-order chi connectivity index (χ0) is 26.8. The quantitative estimate of drug-likeness (QED) is 0.300. The molecule has 0 fully saturated rings. The van der Waals surface area contributed by atoms with Crippen molar-refractivity contribution in [1.82, 2.24) is 4.98 Å². The van der Waals surface area contributed by atoms with Crippen LogP contribution in [0.1, 0.15) is 40.1 Å². The summed E-state index contributed by atoms with van der Waals surface area (Å²) in [5.74, 6) is 0. The lowest BCUT2D eigenvalue weighted by molar-refractivity contribution is -0.659. The van der Waals surface area contributed by atoms with Crippen LogP contribution in [0.3, 0.4) is 0 Å². The second-order valence-electron chi connectivity index (χ2n) is 8.19. The molecule has 3 aromatic heterocycles. The standard InChI is InChI=1S/C28H27N2O/c1-18-11-13-21-22-14-16-24(28(2,3)4)29-27(22)31-26(21)25(18)23-15-12-20(17-30(23)5)19-9-7-6-8-10-19/h6-17H,1-5H3/q+1/i2D3,3D3. The molecule has 0 bridgehead atoms. The van der Waals surface area contributed by atoms with Crippen molar-refractivity contribution < 1.29 is 17.2 Å². The first-order valence-corrected chi connectivity index (χ1v) is 10.2. The van der Waals surface area contributed by atoms with E-state index in [9.17, 15) is 0 Å². The van der Waals surface area contributed by atoms with E-state index in [0.717, 1.165) is 33.3 Å². The smallest absolute Gasteiger partial charge is 0.227 e. The molecular formula is C28H27N2O+. The number of furan rings is 1. The van der Waals surface area contributed by atoms with E-state index >= 15 is 0 Å². The van der Waals surface area contributed by atoms with Crippen LogP contribution in [0.25, 0.3) is 44.5 Å². The average Bonchev–Trinajstić information content (AvgIpc) is 3.20. The van der Waals surface area contributed by atoms with Gasteiger partial charge in [-0.25, -0.2) is 9.55 Å². The van der Waals surface area contributed by atoms with Crippen LogP contribution in [-0.4, -0.2) is 4.98 Å². The Hall–Kier alpha value is -3.46. The van der Waals surface area contributed by atoms with Crippen LogP contribution in [0, 0.1) is 6.92 Å². The average molecular weight is 414 g/mol. The second-order valence-corrected chi connectivity index (χ2v) is 8.19. The summed E-state index contributed by atoms with van der Waals surface area (Å²) in [6, 6.07) is 21.4. The van der Waals surface area contributed by atoms with E-state index in [1.807, 2.05) is 44.3 Å². The lowest BCUT2D eigenvalue weighted by Gasteiger charge is -2.16. The van der Waals surface area contributed by atoms with Gasteiger partial charge in [0.1, 0.15) is 7.05 Å². The molecule has 0 radical (unpaired) electrons. The number of pyridine rings is 2. The highest BCUT2D eigenvalue weighted by Gasteiger charge is 2.23. The Bertz CT molecular complexity index is 1620. The van der Waals surface area contributed by atoms with E-state index in [-0.39, 0.29) is 11.4 Å². The van der Waals surface area contributed by atoms with Crippen LogP contribution in [0.4, 0.5) is 0 Å². The summed E-state index contributed by atoms with van der Waals surface area (Å²) in [6.45, 7) is -2.36. The SMILES string of the molecule is [2H]C([2H])([2H])C(C)(c1ccc2c(n1)oc1c(-c3ccc(-c4ccccc4)c[n+]3C)c(C)ccc12)C([2H])([2H])[2H]. The first kappa shape index (κ1) is 13.8. The molecule has 2 aromatic carbocycles. The number of aryl methyl sites for hydroxylation is 2. The van der Waals surface area contributed by atoms with Gasteiger partial charge in [0.05, 0.1) is 5.56 Å². The van der Waals surface area contributed by atoms with E-state index < -0.39 is 19.1 Å². The van der Waals surface area contributed by atoms with Crippen LogP contribution in [0.2, 0.25) is 0 Å². The Labute approximate surface area is 191 Å². The Morgan fingerprint density at radius 2 is 1.68 bits per heavy atom. The zero-order valence-electron chi connectivity index (χ0n) is 23.7. The van der Waals surface area contributed by atoms with Crippen molar-refractivity contribution in [1.29, 1.82) is 0 Å². The van der Waals surface area contributed by atoms with Gasteiger partial charge in [-0.05, 0) is 36.2 Å². The molecule has 0 atom stereocenters. The molecule has 3 heterocycles. The van der Waals surface area contributed by atoms with E-state index in [4.69, 9.17) is 12.6 Å². The maximum absolute atomic E-state index is 7.97. The Kier molecular flexibility index (Phi) is 3.13. The third-order valence-corrected chi connectivity index (χ3v) is 5.72. The maximum atomic E-state index is 7.97. The van der Waals surface area contributed by atoms with Crippen molar-refractivity contribution in [2.24, 2.45) is 7.05 Å². The number of hydrogen-bond acceptors (Lipinski definition) is 2. The summed E-state index contributed by atoms with van der Waals surface area (Å²) in [4.78, 5) is 4.46. The molecule has 0 spiro atoms. The molecule has 0 unspecified atom stereocenters. The largest absolute Gasteiger partial charge is 0.437 e. The highest BCUT2D eigenvalue weighted by Crippen LogP contribution is 2.37. The molecule has 5 aromatic rings. The fraction of sp³-hybridized carbons (Fsp3) is 0.214. The summed E-state index contributed by atoms with van der Waals surface area (Å²) in [5, 5.41) is 1.52. The summed E-state index contributed by atoms with van der Waals surface area (Å²) in [7, 11) is 1.98. The monoisotopic (exact) mass is 413 g/mol. The lowest BCUT2D eigenvalue weighted by Crippen LogP contribution is -2.30. The maximum Gasteiger partial charge on any atom is 0.227 e. The zero-order valence-corrected chi connectivity index (χ0v) is 17.7. The predicted octanol–water partition coefficient (Wildman–Crippen LogP) is 6.75. The minimum atomic E-state index is -2.79. The van der Waals surface area contributed by atoms with Crippen LogP contribution in [0.15, 0.2) is 77.3 Å². The van der Waals surface area contributed by atoms with Crippen LogP contribution >= 0.6 is 0 Å². The molecule has 0 aliphatic carbocycles. The first-order chi connectivity index (χ1) is 17.3. The van der Waals surface area contributed by atoms with Gasteiger partial charge in [-0.15, -0.1) is 0 Å². The van der Waals surface area contributed by atoms with Gasteiger partial charge in [0, 0.05) is 41.7 Å². The van der Waals surface area contributed by atoms with Gasteiger partial charge >= 0.3 is 0 Å². The van der Waals surface area contributed by atoms with E-state index in [0.29, 0.717) is 11.0 Å². The van der Waals surface area contributed by atoms with Gasteiger partial charge in [-0.3, -0.25) is 0 Å². The fourth-order valence-corrected chi connectivity index (χ4v) is 4.08. The molecule has 0 saturated heterocycles. The Morgan fingerprint density at radius 1 is 0.903 bits per heavy atom. The minimum absolute atomic E-state index is 0.0462. The van der Waals surface area contributed by atoms with Crippen molar-refractivity contribution in [2.45, 2.75) is 33.0 Å². The van der Waals surface area contributed by atoms with Gasteiger partial charge in [0.2, 0.25) is 11.4 Å². The third-order valence-electron chi connectivity index (χ3n) is 5.72. The highest BCUT2D eigenvalue weighted by atomic mass is 16.3. The molecule has 5 rings (SSSR count). The molecule has 0 aliphatic heterocycles. The van der Waals surface area contributed by atoms with Gasteiger partial charge in [0.15, 0.2) is 11.8 Å². The van der Waals surface area contributed by atoms with Crippen LogP contribution in [0.5, 0.6) is 0 Å². The molecule has 154 valence electrons. The second kappa shape index (κ2) is 7.05. The van der Waals surface area contributed by atoms with Crippen molar-refractivity contribution in [3.63, 3.8) is 0 Å². The summed E-state index contributed by atoms with van der Waals surface area (Å²) >= 11 is 0. The van der Waals surface area contributed by atoms with E-state index in [2.05, 4.69) is 40.0 Å². The number of aromatic nitrogens is 2. The number of benzene rings is 2. The molecule has 0 saturated carbocycles. The van der Waals surface area contributed by atoms with Crippen LogP contribution in [-0.2, 0) is 12.5 Å². The van der Waals surface area contributed by atoms with E-state index in [1.54, 1.807) is 6.07 Å². The van der Waals surface area contributed by atoms with Gasteiger partial charge in [0.25, 0.3) is 0 Å². The molecule has 31 heavy (non-hydrogen) atoms. The lowest BCUT2D eigenvalue weighted by atomic mass is 9.91. The molecule has 3 nitrogen and oxygen atoms in total. The Balaban J connectivity index is 1.71. The van der Waals surface area contributed by atoms with Crippen molar-refractivity contribution >= 4 is 22.1 Å². The van der Waals surface area contributed by atoms with Crippen molar-refractivity contribution in [3.05, 3.63) is 84.2 Å². The number of rotatable bonds is 2. The van der Waals surface area contributed by atoms with Crippen molar-refractivity contribution in [2.75, 3.05) is 0 Å². The number of fused-ring (bicyclic) bond motifs is 3. The first-order valence-electron chi connectivity index (χ1n) is 13.2. The summed E-state index contributed by atoms with van der Waals surface area (Å²) in [6.07, 6.45) is 2.07. The number of nitrogens with zero attached hydrogens (tertiary/aromatic N) is 2. The topological polar surface area (TPSA) is 29.9 Å². The summed E-state index contributed by atoms with van der Waals surface area (Å²) < 4.78 is 56.1. The Morgan fingerprint density at radius 3 is 2.42 bits per heavy atom. The molecule has 3 heteroatoms. The molecule has 0 aliphatic rings. The fourth-order valence-electron chi connectivity index (χ4n) is 4.08. The van der Waals surface area contributed by atoms with Crippen LogP contribution < -0.4 is 4.57 Å². The third kappa shape index (κ3) is 3.31. The van der Waals surface area contributed by atoms with Crippen molar-refractivity contribution in [3.8, 4) is 22.4 Å². The van der Waals surface area contributed by atoms with E-state index in [1.165, 1.54) is 13.0 Å².